The second-order valence-corrected chi connectivity index (χ2v) is 11.8. The van der Waals surface area contributed by atoms with Crippen molar-refractivity contribution in [1.29, 1.82) is 0 Å². The maximum absolute atomic E-state index is 13.7. The monoisotopic (exact) mass is 507 g/mol. The summed E-state index contributed by atoms with van der Waals surface area (Å²) in [5.74, 6) is -0.480. The lowest BCUT2D eigenvalue weighted by Gasteiger charge is -2.10. The smallest absolute Gasteiger partial charge is 0.226 e. The highest BCUT2D eigenvalue weighted by atomic mass is 32.2. The van der Waals surface area contributed by atoms with Gasteiger partial charge in [0.2, 0.25) is 19.7 Å². The molecular weight excluding hydrogens is 489 g/mol. The van der Waals surface area contributed by atoms with Crippen molar-refractivity contribution in [3.63, 3.8) is 0 Å². The summed E-state index contributed by atoms with van der Waals surface area (Å²) in [4.78, 5) is 12.3. The van der Waals surface area contributed by atoms with Crippen molar-refractivity contribution >= 4 is 31.1 Å². The Balaban J connectivity index is 1.88. The molecule has 0 atom stereocenters. The second kappa shape index (κ2) is 8.17. The molecule has 5 rings (SSSR count). The summed E-state index contributed by atoms with van der Waals surface area (Å²) in [5, 5.41) is -1.04. The van der Waals surface area contributed by atoms with E-state index in [-0.39, 0.29) is 26.8 Å². The van der Waals surface area contributed by atoms with Crippen LogP contribution >= 0.6 is 0 Å². The number of aliphatic imine (C=N–C) groups is 1. The molecule has 0 unspecified atom stereocenters. The molecule has 176 valence electrons. The number of sulfone groups is 2. The molecule has 0 spiro atoms. The van der Waals surface area contributed by atoms with E-state index in [0.717, 1.165) is 17.5 Å². The van der Waals surface area contributed by atoms with Crippen LogP contribution in [0, 0.1) is 19.7 Å². The molecule has 10 heteroatoms. The van der Waals surface area contributed by atoms with Crippen LogP contribution in [0.15, 0.2) is 97.9 Å². The number of benzene rings is 3. The number of halogens is 1. The Bertz CT molecular complexity index is 1730. The van der Waals surface area contributed by atoms with Gasteiger partial charge in [0.15, 0.2) is 10.1 Å². The van der Waals surface area contributed by atoms with Crippen LogP contribution in [0.5, 0.6) is 0 Å². The molecule has 0 N–H and O–H groups in total. The maximum atomic E-state index is 13.7. The quantitative estimate of drug-likeness (QED) is 0.336. The normalized spacial score (nSPS) is 14.4. The Morgan fingerprint density at radius 3 is 2.17 bits per heavy atom. The zero-order chi connectivity index (χ0) is 25.0. The molecule has 0 fully saturated rings. The molecule has 3 aromatic carbocycles. The maximum Gasteiger partial charge on any atom is 0.226 e. The number of nitrogens with zero attached hydrogens (tertiary/aromatic N) is 3. The number of aryl methyl sites for hydroxylation is 2. The van der Waals surface area contributed by atoms with Gasteiger partial charge in [-0.15, -0.1) is 0 Å². The first-order chi connectivity index (χ1) is 16.6. The molecule has 1 aromatic heterocycles. The molecule has 1 aliphatic rings. The summed E-state index contributed by atoms with van der Waals surface area (Å²) in [5.41, 5.74) is 2.06. The summed E-state index contributed by atoms with van der Waals surface area (Å²) in [6.07, 6.45) is 0.906. The molecule has 0 radical (unpaired) electrons. The van der Waals surface area contributed by atoms with Gasteiger partial charge in [0.1, 0.15) is 17.8 Å². The number of hydrogen-bond acceptors (Lipinski definition) is 7. The van der Waals surface area contributed by atoms with E-state index in [0.29, 0.717) is 5.56 Å². The predicted octanol–water partition coefficient (Wildman–Crippen LogP) is 4.38. The van der Waals surface area contributed by atoms with Gasteiger partial charge < -0.3 is 0 Å². The molecule has 0 aliphatic carbocycles. The summed E-state index contributed by atoms with van der Waals surface area (Å²) in [6.45, 7) is 3.61. The van der Waals surface area contributed by atoms with Crippen LogP contribution in [0.2, 0.25) is 0 Å². The van der Waals surface area contributed by atoms with Gasteiger partial charge in [-0.1, -0.05) is 29.3 Å². The molecular formula is C25H18FN3O4S2. The van der Waals surface area contributed by atoms with Crippen LogP contribution < -0.4 is 0 Å². The van der Waals surface area contributed by atoms with Gasteiger partial charge in [-0.2, -0.15) is 0 Å². The number of rotatable bonds is 3. The molecule has 0 saturated heterocycles. The topological polar surface area (TPSA) is 106 Å². The highest BCUT2D eigenvalue weighted by Gasteiger charge is 2.36. The van der Waals surface area contributed by atoms with Crippen molar-refractivity contribution in [3.8, 4) is 0 Å². The third-order valence-electron chi connectivity index (χ3n) is 5.62. The van der Waals surface area contributed by atoms with Crippen LogP contribution in [-0.2, 0) is 19.7 Å². The highest BCUT2D eigenvalue weighted by Crippen LogP contribution is 2.40. The minimum Gasteiger partial charge on any atom is -0.242 e. The molecule has 35 heavy (non-hydrogen) atoms. The summed E-state index contributed by atoms with van der Waals surface area (Å²) in [7, 11) is -8.53. The molecule has 0 saturated carbocycles. The minimum atomic E-state index is -4.28. The van der Waals surface area contributed by atoms with E-state index in [2.05, 4.69) is 15.0 Å². The SMILES string of the molecule is Cc1ccc(S(=O)(=O)c2ncnc3c2N=C(c2ccc(F)cc2)c2cc(C)ccc2S3(=O)=O)cc1. The molecule has 2 heterocycles. The van der Waals surface area contributed by atoms with Crippen LogP contribution in [-0.4, -0.2) is 32.5 Å². The highest BCUT2D eigenvalue weighted by molar-refractivity contribution is 7.92. The Labute approximate surface area is 201 Å². The average molecular weight is 508 g/mol. The van der Waals surface area contributed by atoms with Crippen molar-refractivity contribution in [3.05, 3.63) is 101 Å². The third kappa shape index (κ3) is 3.84. The standard InChI is InChI=1S/C25H18FN3O4S2/c1-15-3-10-19(11-4-15)34(30,31)24-23-25(28-14-27-24)35(32,33)21-12-5-16(2)13-20(21)22(29-23)17-6-8-18(26)9-7-17/h3-14H,1-2H3. The van der Waals surface area contributed by atoms with E-state index in [1.807, 2.05) is 6.92 Å². The van der Waals surface area contributed by atoms with Gasteiger partial charge in [-0.05, 0) is 62.4 Å². The average Bonchev–Trinajstić information content (AvgIpc) is 2.92. The first-order valence-electron chi connectivity index (χ1n) is 10.5. The zero-order valence-corrected chi connectivity index (χ0v) is 20.2. The summed E-state index contributed by atoms with van der Waals surface area (Å²) >= 11 is 0. The molecule has 1 aliphatic heterocycles. The van der Waals surface area contributed by atoms with Gasteiger partial charge in [0.25, 0.3) is 0 Å². The minimum absolute atomic E-state index is 0.0578. The van der Waals surface area contributed by atoms with E-state index in [1.54, 1.807) is 31.2 Å². The van der Waals surface area contributed by atoms with Gasteiger partial charge in [0, 0.05) is 11.1 Å². The Morgan fingerprint density at radius 1 is 0.829 bits per heavy atom. The molecule has 0 amide bonds. The van der Waals surface area contributed by atoms with E-state index >= 15 is 0 Å². The van der Waals surface area contributed by atoms with Gasteiger partial charge in [-0.3, -0.25) is 0 Å². The molecule has 7 nitrogen and oxygen atoms in total. The van der Waals surface area contributed by atoms with Gasteiger partial charge >= 0.3 is 0 Å². The lowest BCUT2D eigenvalue weighted by atomic mass is 10.0. The van der Waals surface area contributed by atoms with Crippen molar-refractivity contribution in [2.45, 2.75) is 33.7 Å². The van der Waals surface area contributed by atoms with Crippen molar-refractivity contribution in [2.24, 2.45) is 4.99 Å². The molecule has 0 bridgehead atoms. The zero-order valence-electron chi connectivity index (χ0n) is 18.6. The Kier molecular flexibility index (Phi) is 5.37. The first-order valence-corrected chi connectivity index (χ1v) is 13.4. The van der Waals surface area contributed by atoms with Gasteiger partial charge in [0.05, 0.1) is 15.5 Å². The largest absolute Gasteiger partial charge is 0.242 e. The lowest BCUT2D eigenvalue weighted by Crippen LogP contribution is -2.11. The van der Waals surface area contributed by atoms with Gasteiger partial charge in [-0.25, -0.2) is 36.2 Å². The first kappa shape index (κ1) is 23.0. The Morgan fingerprint density at radius 2 is 1.49 bits per heavy atom. The third-order valence-corrected chi connectivity index (χ3v) is 9.06. The van der Waals surface area contributed by atoms with Crippen LogP contribution in [0.1, 0.15) is 22.3 Å². The Hall–Kier alpha value is -3.76. The fourth-order valence-corrected chi connectivity index (χ4v) is 6.68. The summed E-state index contributed by atoms with van der Waals surface area (Å²) in [6, 6.07) is 16.2. The van der Waals surface area contributed by atoms with Crippen LogP contribution in [0.4, 0.5) is 10.1 Å². The molecule has 4 aromatic rings. The predicted molar refractivity (Wildman–Crippen MR) is 127 cm³/mol. The van der Waals surface area contributed by atoms with Crippen molar-refractivity contribution in [2.75, 3.05) is 0 Å². The van der Waals surface area contributed by atoms with Crippen LogP contribution in [0.3, 0.4) is 0 Å². The van der Waals surface area contributed by atoms with Crippen LogP contribution in [0.25, 0.3) is 0 Å². The lowest BCUT2D eigenvalue weighted by molar-refractivity contribution is 0.587. The van der Waals surface area contributed by atoms with E-state index in [1.165, 1.54) is 42.5 Å². The number of aromatic nitrogens is 2. The van der Waals surface area contributed by atoms with E-state index in [9.17, 15) is 21.2 Å². The second-order valence-electron chi connectivity index (χ2n) is 8.12. The van der Waals surface area contributed by atoms with E-state index in [4.69, 9.17) is 0 Å². The fourth-order valence-electron chi connectivity index (χ4n) is 3.83. The van der Waals surface area contributed by atoms with E-state index < -0.39 is 35.5 Å². The van der Waals surface area contributed by atoms with Crippen molar-refractivity contribution in [1.82, 2.24) is 9.97 Å². The fraction of sp³-hybridized carbons (Fsp3) is 0.0800. The van der Waals surface area contributed by atoms with Crippen molar-refractivity contribution < 1.29 is 21.2 Å². The number of hydrogen-bond donors (Lipinski definition) is 0. The number of fused-ring (bicyclic) bond motifs is 2. The summed E-state index contributed by atoms with van der Waals surface area (Å²) < 4.78 is 68.2.